The van der Waals surface area contributed by atoms with E-state index in [4.69, 9.17) is 0 Å². The Bertz CT molecular complexity index is 1160. The number of carbonyl (C=O) groups excluding carboxylic acids is 2. The van der Waals surface area contributed by atoms with Crippen molar-refractivity contribution in [1.82, 2.24) is 4.98 Å². The highest BCUT2D eigenvalue weighted by Gasteiger charge is 2.47. The largest absolute Gasteiger partial charge is 0.507 e. The molecular weight excluding hydrogens is 458 g/mol. The van der Waals surface area contributed by atoms with Crippen LogP contribution in [-0.2, 0) is 9.59 Å². The third kappa shape index (κ3) is 3.84. The number of pyridine rings is 1. The minimum Gasteiger partial charge on any atom is -0.507 e. The van der Waals surface area contributed by atoms with Gasteiger partial charge in [-0.3, -0.25) is 19.5 Å². The fourth-order valence-electron chi connectivity index (χ4n) is 3.63. The van der Waals surface area contributed by atoms with Crippen LogP contribution in [0.15, 0.2) is 83.1 Å². The third-order valence-electron chi connectivity index (χ3n) is 5.21. The van der Waals surface area contributed by atoms with Crippen molar-refractivity contribution in [3.05, 3.63) is 94.2 Å². The van der Waals surface area contributed by atoms with Gasteiger partial charge in [-0.1, -0.05) is 40.2 Å². The Balaban J connectivity index is 1.91. The molecule has 0 saturated carbocycles. The molecule has 7 heteroatoms. The van der Waals surface area contributed by atoms with Gasteiger partial charge < -0.3 is 10.0 Å². The lowest BCUT2D eigenvalue weighted by Crippen LogP contribution is -2.29. The molecule has 1 aromatic heterocycles. The number of hydrogen-bond donors (Lipinski definition) is 1. The van der Waals surface area contributed by atoms with Crippen LogP contribution in [0, 0.1) is 0 Å². The molecule has 4 rings (SSSR count). The monoisotopic (exact) mass is 477 g/mol. The summed E-state index contributed by atoms with van der Waals surface area (Å²) in [6.45, 7) is 0. The number of benzene rings is 2. The lowest BCUT2D eigenvalue weighted by Gasteiger charge is -2.25. The lowest BCUT2D eigenvalue weighted by molar-refractivity contribution is -0.132. The van der Waals surface area contributed by atoms with Crippen LogP contribution in [0.3, 0.4) is 0 Å². The summed E-state index contributed by atoms with van der Waals surface area (Å²) in [6.07, 6.45) is 3.13. The molecule has 0 radical (unpaired) electrons. The van der Waals surface area contributed by atoms with Gasteiger partial charge in [-0.05, 0) is 42.0 Å². The second-order valence-electron chi connectivity index (χ2n) is 7.37. The van der Waals surface area contributed by atoms with E-state index in [0.29, 0.717) is 16.8 Å². The maximum atomic E-state index is 13.1. The second kappa shape index (κ2) is 8.35. The van der Waals surface area contributed by atoms with Crippen molar-refractivity contribution in [2.75, 3.05) is 23.9 Å². The molecule has 6 nitrogen and oxygen atoms in total. The SMILES string of the molecule is CN(C)c1ccc(C2/C(=C(/O)c3ccc(Br)cc3)C(=O)C(=O)N2c2cccnc2)cc1. The fourth-order valence-corrected chi connectivity index (χ4v) is 3.89. The molecule has 0 bridgehead atoms. The number of halogens is 1. The first-order valence-corrected chi connectivity index (χ1v) is 10.4. The number of aliphatic hydroxyl groups is 1. The Hall–Kier alpha value is -3.45. The van der Waals surface area contributed by atoms with Crippen LogP contribution in [0.1, 0.15) is 17.2 Å². The van der Waals surface area contributed by atoms with Crippen molar-refractivity contribution < 1.29 is 14.7 Å². The van der Waals surface area contributed by atoms with Crippen LogP contribution in [0.4, 0.5) is 11.4 Å². The van der Waals surface area contributed by atoms with E-state index in [1.54, 1.807) is 42.6 Å². The molecule has 0 spiro atoms. The zero-order valence-electron chi connectivity index (χ0n) is 17.0. The smallest absolute Gasteiger partial charge is 0.300 e. The van der Waals surface area contributed by atoms with E-state index in [1.807, 2.05) is 43.3 Å². The van der Waals surface area contributed by atoms with Gasteiger partial charge in [0.1, 0.15) is 5.76 Å². The summed E-state index contributed by atoms with van der Waals surface area (Å²) in [5, 5.41) is 11.1. The van der Waals surface area contributed by atoms with Crippen LogP contribution >= 0.6 is 15.9 Å². The molecule has 1 atom stereocenters. The number of Topliss-reactive ketones (excluding diaryl/α,β-unsaturated/α-hetero) is 1. The highest BCUT2D eigenvalue weighted by molar-refractivity contribution is 9.10. The average molecular weight is 478 g/mol. The topological polar surface area (TPSA) is 73.7 Å². The van der Waals surface area contributed by atoms with E-state index in [0.717, 1.165) is 10.2 Å². The van der Waals surface area contributed by atoms with Crippen molar-refractivity contribution in [3.8, 4) is 0 Å². The van der Waals surface area contributed by atoms with Crippen LogP contribution in [0.5, 0.6) is 0 Å². The molecule has 1 aliphatic rings. The number of nitrogens with zero attached hydrogens (tertiary/aromatic N) is 3. The van der Waals surface area contributed by atoms with E-state index in [1.165, 1.54) is 11.1 Å². The molecule has 1 saturated heterocycles. The number of aliphatic hydroxyl groups excluding tert-OH is 1. The van der Waals surface area contributed by atoms with Crippen molar-refractivity contribution >= 4 is 44.8 Å². The highest BCUT2D eigenvalue weighted by Crippen LogP contribution is 2.42. The number of anilines is 2. The first-order chi connectivity index (χ1) is 14.9. The maximum Gasteiger partial charge on any atom is 0.300 e. The minimum absolute atomic E-state index is 0.0498. The summed E-state index contributed by atoms with van der Waals surface area (Å²) in [7, 11) is 3.87. The molecular formula is C24H20BrN3O3. The minimum atomic E-state index is -0.774. The number of hydrogen-bond acceptors (Lipinski definition) is 5. The van der Waals surface area contributed by atoms with Gasteiger partial charge in [0.05, 0.1) is 23.5 Å². The number of ketones is 1. The molecule has 0 aliphatic carbocycles. The van der Waals surface area contributed by atoms with Gasteiger partial charge in [0, 0.05) is 36.0 Å². The lowest BCUT2D eigenvalue weighted by atomic mass is 9.95. The van der Waals surface area contributed by atoms with E-state index in [9.17, 15) is 14.7 Å². The van der Waals surface area contributed by atoms with Gasteiger partial charge in [-0.25, -0.2) is 0 Å². The molecule has 1 fully saturated rings. The van der Waals surface area contributed by atoms with E-state index in [-0.39, 0.29) is 11.3 Å². The van der Waals surface area contributed by atoms with Crippen molar-refractivity contribution in [3.63, 3.8) is 0 Å². The Morgan fingerprint density at radius 1 is 1.03 bits per heavy atom. The van der Waals surface area contributed by atoms with E-state index >= 15 is 0 Å². The van der Waals surface area contributed by atoms with E-state index in [2.05, 4.69) is 20.9 Å². The summed E-state index contributed by atoms with van der Waals surface area (Å²) >= 11 is 3.37. The Kier molecular flexibility index (Phi) is 5.61. The molecule has 2 aromatic carbocycles. The number of carbonyl (C=O) groups is 2. The quantitative estimate of drug-likeness (QED) is 0.339. The Morgan fingerprint density at radius 3 is 2.29 bits per heavy atom. The van der Waals surface area contributed by atoms with Crippen molar-refractivity contribution in [1.29, 1.82) is 0 Å². The predicted octanol–water partition coefficient (Wildman–Crippen LogP) is 4.54. The molecule has 31 heavy (non-hydrogen) atoms. The van der Waals surface area contributed by atoms with Gasteiger partial charge in [0.2, 0.25) is 0 Å². The maximum absolute atomic E-state index is 13.1. The van der Waals surface area contributed by atoms with Crippen molar-refractivity contribution in [2.45, 2.75) is 6.04 Å². The molecule has 1 unspecified atom stereocenters. The number of rotatable bonds is 4. The highest BCUT2D eigenvalue weighted by atomic mass is 79.9. The van der Waals surface area contributed by atoms with Crippen LogP contribution in [0.2, 0.25) is 0 Å². The summed E-state index contributed by atoms with van der Waals surface area (Å²) in [4.78, 5) is 33.6. The number of amides is 1. The normalized spacial score (nSPS) is 17.8. The molecule has 1 aliphatic heterocycles. The molecule has 156 valence electrons. The van der Waals surface area contributed by atoms with Gasteiger partial charge in [-0.15, -0.1) is 0 Å². The molecule has 1 N–H and O–H groups in total. The molecule has 3 aromatic rings. The molecule has 1 amide bonds. The van der Waals surface area contributed by atoms with Crippen molar-refractivity contribution in [2.24, 2.45) is 0 Å². The van der Waals surface area contributed by atoms with E-state index < -0.39 is 17.7 Å². The van der Waals surface area contributed by atoms with Gasteiger partial charge >= 0.3 is 0 Å². The zero-order chi connectivity index (χ0) is 22.1. The average Bonchev–Trinajstić information content (AvgIpc) is 3.05. The van der Waals surface area contributed by atoms with Gasteiger partial charge in [-0.2, -0.15) is 0 Å². The first kappa shape index (κ1) is 20.8. The zero-order valence-corrected chi connectivity index (χ0v) is 18.6. The fraction of sp³-hybridized carbons (Fsp3) is 0.125. The van der Waals surface area contributed by atoms with Gasteiger partial charge in [0.15, 0.2) is 0 Å². The molecule has 2 heterocycles. The number of aromatic nitrogens is 1. The second-order valence-corrected chi connectivity index (χ2v) is 8.29. The Morgan fingerprint density at radius 2 is 1.71 bits per heavy atom. The van der Waals surface area contributed by atoms with Crippen LogP contribution in [-0.4, -0.2) is 35.9 Å². The van der Waals surface area contributed by atoms with Gasteiger partial charge in [0.25, 0.3) is 11.7 Å². The first-order valence-electron chi connectivity index (χ1n) is 9.62. The summed E-state index contributed by atoms with van der Waals surface area (Å²) in [6, 6.07) is 17.1. The summed E-state index contributed by atoms with van der Waals surface area (Å²) in [5.74, 6) is -1.64. The Labute approximate surface area is 188 Å². The third-order valence-corrected chi connectivity index (χ3v) is 5.74. The summed E-state index contributed by atoms with van der Waals surface area (Å²) in [5.41, 5.74) is 2.69. The summed E-state index contributed by atoms with van der Waals surface area (Å²) < 4.78 is 0.843. The standard InChI is InChI=1S/C24H20BrN3O3/c1-27(2)18-11-7-15(8-12-18)21-20(22(29)16-5-9-17(25)10-6-16)23(30)24(31)28(21)19-4-3-13-26-14-19/h3-14,21,29H,1-2H3/b22-20-. The van der Waals surface area contributed by atoms with Crippen LogP contribution in [0.25, 0.3) is 5.76 Å². The predicted molar refractivity (Wildman–Crippen MR) is 124 cm³/mol. The van der Waals surface area contributed by atoms with Crippen LogP contribution < -0.4 is 9.80 Å².